The van der Waals surface area contributed by atoms with E-state index in [1.165, 1.54) is 22.9 Å². The molecule has 0 saturated heterocycles. The smallest absolute Gasteiger partial charge is 0.264 e. The lowest BCUT2D eigenvalue weighted by atomic mass is 9.95. The van der Waals surface area contributed by atoms with Gasteiger partial charge in [0.15, 0.2) is 0 Å². The molecule has 224 valence electrons. The number of nitrogens with one attached hydrogen (secondary N) is 1. The van der Waals surface area contributed by atoms with Crippen molar-refractivity contribution in [1.29, 1.82) is 0 Å². The number of aryl methyl sites for hydroxylation is 3. The van der Waals surface area contributed by atoms with Crippen LogP contribution in [0.3, 0.4) is 0 Å². The Kier molecular flexibility index (Phi) is 10.4. The summed E-state index contributed by atoms with van der Waals surface area (Å²) in [5.74, 6) is -0.615. The third kappa shape index (κ3) is 7.59. The van der Waals surface area contributed by atoms with Crippen LogP contribution in [0.25, 0.3) is 0 Å². The molecule has 0 bridgehead atoms. The van der Waals surface area contributed by atoms with E-state index < -0.39 is 28.5 Å². The first-order valence-corrected chi connectivity index (χ1v) is 16.3. The first-order valence-electron chi connectivity index (χ1n) is 14.9. The monoisotopic (exact) mass is 589 g/mol. The lowest BCUT2D eigenvalue weighted by Crippen LogP contribution is -2.54. The van der Waals surface area contributed by atoms with Crippen molar-refractivity contribution in [2.75, 3.05) is 10.8 Å². The minimum absolute atomic E-state index is 0.0985. The van der Waals surface area contributed by atoms with E-state index in [-0.39, 0.29) is 23.4 Å². The lowest BCUT2D eigenvalue weighted by Gasteiger charge is -2.35. The van der Waals surface area contributed by atoms with Gasteiger partial charge in [-0.25, -0.2) is 8.42 Å². The number of sulfonamides is 1. The molecule has 1 saturated carbocycles. The molecule has 0 aromatic heterocycles. The van der Waals surface area contributed by atoms with Gasteiger partial charge in [-0.2, -0.15) is 0 Å². The molecule has 0 spiro atoms. The maximum Gasteiger partial charge on any atom is 0.264 e. The summed E-state index contributed by atoms with van der Waals surface area (Å²) in [5.41, 5.74) is 4.10. The summed E-state index contributed by atoms with van der Waals surface area (Å²) >= 11 is 0. The maximum atomic E-state index is 14.3. The largest absolute Gasteiger partial charge is 0.352 e. The highest BCUT2D eigenvalue weighted by atomic mass is 32.2. The van der Waals surface area contributed by atoms with Gasteiger partial charge in [0.2, 0.25) is 11.8 Å². The van der Waals surface area contributed by atoms with Gasteiger partial charge >= 0.3 is 0 Å². The molecule has 1 N–H and O–H groups in total. The molecule has 0 radical (unpaired) electrons. The first-order chi connectivity index (χ1) is 20.1. The maximum absolute atomic E-state index is 14.3. The van der Waals surface area contributed by atoms with Gasteiger partial charge in [-0.15, -0.1) is 0 Å². The zero-order valence-electron chi connectivity index (χ0n) is 25.2. The SMILES string of the molecule is CCC(C(=O)NC1CCCCC1)N(Cc1cccc(C)c1)C(=O)CN(c1ccc(C)cc1C)S(=O)(=O)c1ccccc1. The Balaban J connectivity index is 1.72. The van der Waals surface area contributed by atoms with Gasteiger partial charge < -0.3 is 10.2 Å². The molecule has 0 aliphatic heterocycles. The highest BCUT2D eigenvalue weighted by Gasteiger charge is 2.34. The van der Waals surface area contributed by atoms with E-state index in [9.17, 15) is 18.0 Å². The number of carbonyl (C=O) groups excluding carboxylic acids is 2. The van der Waals surface area contributed by atoms with E-state index in [0.29, 0.717) is 12.1 Å². The normalized spacial score (nSPS) is 14.7. The minimum atomic E-state index is -4.09. The Morgan fingerprint density at radius 2 is 1.57 bits per heavy atom. The minimum Gasteiger partial charge on any atom is -0.352 e. The van der Waals surface area contributed by atoms with Crippen LogP contribution in [0.2, 0.25) is 0 Å². The van der Waals surface area contributed by atoms with Crippen molar-refractivity contribution < 1.29 is 18.0 Å². The second kappa shape index (κ2) is 14.0. The van der Waals surface area contributed by atoms with Crippen molar-refractivity contribution in [2.24, 2.45) is 0 Å². The first kappa shape index (κ1) is 31.3. The topological polar surface area (TPSA) is 86.8 Å². The average Bonchev–Trinajstić information content (AvgIpc) is 2.97. The van der Waals surface area contributed by atoms with Crippen molar-refractivity contribution in [3.05, 3.63) is 95.1 Å². The second-order valence-electron chi connectivity index (χ2n) is 11.4. The second-order valence-corrected chi connectivity index (χ2v) is 13.3. The number of carbonyl (C=O) groups is 2. The molecule has 1 aliphatic carbocycles. The molecule has 8 heteroatoms. The Labute approximate surface area is 251 Å². The highest BCUT2D eigenvalue weighted by molar-refractivity contribution is 7.92. The quantitative estimate of drug-likeness (QED) is 0.294. The standard InChI is InChI=1S/C34H43N3O4S/c1-5-31(34(39)35-29-15-8-6-9-16-29)36(23-28-14-12-13-25(2)22-28)33(38)24-37(32-20-19-26(3)21-27(32)4)42(40,41)30-17-10-7-11-18-30/h7,10-14,17-22,29,31H,5-6,8-9,15-16,23-24H2,1-4H3,(H,35,39). The fourth-order valence-corrected chi connectivity index (χ4v) is 7.29. The third-order valence-corrected chi connectivity index (χ3v) is 9.78. The summed E-state index contributed by atoms with van der Waals surface area (Å²) in [6.45, 7) is 7.43. The molecule has 1 fully saturated rings. The number of benzene rings is 3. The summed E-state index contributed by atoms with van der Waals surface area (Å²) in [7, 11) is -4.09. The number of rotatable bonds is 11. The van der Waals surface area contributed by atoms with Gasteiger partial charge in [0.05, 0.1) is 10.6 Å². The molecule has 0 heterocycles. The molecule has 1 aliphatic rings. The molecule has 7 nitrogen and oxygen atoms in total. The Bertz CT molecular complexity index is 1480. The van der Waals surface area contributed by atoms with Crippen LogP contribution in [0.4, 0.5) is 5.69 Å². The number of nitrogens with zero attached hydrogens (tertiary/aromatic N) is 2. The molecular formula is C34H43N3O4S. The number of hydrogen-bond donors (Lipinski definition) is 1. The third-order valence-electron chi connectivity index (χ3n) is 8.00. The molecule has 3 aromatic carbocycles. The van der Waals surface area contributed by atoms with Crippen molar-refractivity contribution in [3.8, 4) is 0 Å². The van der Waals surface area contributed by atoms with E-state index in [1.54, 1.807) is 29.2 Å². The van der Waals surface area contributed by atoms with Gasteiger partial charge in [0.25, 0.3) is 10.0 Å². The van der Waals surface area contributed by atoms with Gasteiger partial charge in [0, 0.05) is 12.6 Å². The zero-order chi connectivity index (χ0) is 30.3. The molecular weight excluding hydrogens is 546 g/mol. The van der Waals surface area contributed by atoms with Crippen LogP contribution < -0.4 is 9.62 Å². The van der Waals surface area contributed by atoms with Crippen LogP contribution in [0.15, 0.2) is 77.7 Å². The lowest BCUT2D eigenvalue weighted by molar-refractivity contribution is -0.140. The summed E-state index contributed by atoms with van der Waals surface area (Å²) in [6.07, 6.45) is 5.61. The predicted molar refractivity (Wildman–Crippen MR) is 168 cm³/mol. The number of amides is 2. The number of hydrogen-bond acceptors (Lipinski definition) is 4. The molecule has 2 amide bonds. The molecule has 1 atom stereocenters. The van der Waals surface area contributed by atoms with Crippen LogP contribution in [0, 0.1) is 20.8 Å². The fraction of sp³-hybridized carbons (Fsp3) is 0.412. The van der Waals surface area contributed by atoms with Gasteiger partial charge in [0.1, 0.15) is 12.6 Å². The fourth-order valence-electron chi connectivity index (χ4n) is 5.79. The molecule has 4 rings (SSSR count). The zero-order valence-corrected chi connectivity index (χ0v) is 26.0. The van der Waals surface area contributed by atoms with E-state index >= 15 is 0 Å². The van der Waals surface area contributed by atoms with E-state index in [2.05, 4.69) is 5.32 Å². The van der Waals surface area contributed by atoms with Crippen molar-refractivity contribution in [2.45, 2.75) is 89.7 Å². The van der Waals surface area contributed by atoms with Crippen LogP contribution in [0.5, 0.6) is 0 Å². The van der Waals surface area contributed by atoms with Crippen LogP contribution in [-0.2, 0) is 26.2 Å². The van der Waals surface area contributed by atoms with Crippen LogP contribution in [0.1, 0.15) is 67.7 Å². The molecule has 42 heavy (non-hydrogen) atoms. The van der Waals surface area contributed by atoms with Crippen LogP contribution >= 0.6 is 0 Å². The van der Waals surface area contributed by atoms with E-state index in [0.717, 1.165) is 47.9 Å². The van der Waals surface area contributed by atoms with Crippen molar-refractivity contribution in [1.82, 2.24) is 10.2 Å². The molecule has 1 unspecified atom stereocenters. The predicted octanol–water partition coefficient (Wildman–Crippen LogP) is 6.06. The molecule has 3 aromatic rings. The summed E-state index contributed by atoms with van der Waals surface area (Å²) < 4.78 is 29.3. The summed E-state index contributed by atoms with van der Waals surface area (Å²) in [5, 5.41) is 3.19. The van der Waals surface area contributed by atoms with Crippen LogP contribution in [-0.4, -0.2) is 43.8 Å². The Hall–Kier alpha value is -3.65. The summed E-state index contributed by atoms with van der Waals surface area (Å²) in [6, 6.07) is 20.9. The van der Waals surface area contributed by atoms with Gasteiger partial charge in [-0.3, -0.25) is 13.9 Å². The van der Waals surface area contributed by atoms with Gasteiger partial charge in [-0.1, -0.05) is 91.9 Å². The number of anilines is 1. The average molecular weight is 590 g/mol. The summed E-state index contributed by atoms with van der Waals surface area (Å²) in [4.78, 5) is 29.6. The van der Waals surface area contributed by atoms with E-state index in [4.69, 9.17) is 0 Å². The van der Waals surface area contributed by atoms with Crippen molar-refractivity contribution >= 4 is 27.5 Å². The van der Waals surface area contributed by atoms with Gasteiger partial charge in [-0.05, 0) is 69.4 Å². The Morgan fingerprint density at radius 3 is 2.21 bits per heavy atom. The Morgan fingerprint density at radius 1 is 0.881 bits per heavy atom. The van der Waals surface area contributed by atoms with E-state index in [1.807, 2.05) is 64.1 Å². The highest BCUT2D eigenvalue weighted by Crippen LogP contribution is 2.28. The van der Waals surface area contributed by atoms with Crippen molar-refractivity contribution in [3.63, 3.8) is 0 Å².